The van der Waals surface area contributed by atoms with Crippen molar-refractivity contribution in [1.29, 1.82) is 0 Å². The van der Waals surface area contributed by atoms with Gasteiger partial charge in [-0.25, -0.2) is 13.1 Å². The molecule has 0 saturated carbocycles. The third-order valence-corrected chi connectivity index (χ3v) is 5.67. The maximum Gasteiger partial charge on any atom is 0.216 e. The standard InChI is InChI=1S/C22H31NO4S/c1-6-26-20-12-11-19(14-21(20)27-7-2)22(16(3)4)23-28(24,25)15-18-10-8-9-17(5)13-18/h8-14,16,22-23H,6-7,15H2,1-5H3. The van der Waals surface area contributed by atoms with Gasteiger partial charge in [0.2, 0.25) is 10.0 Å². The van der Waals surface area contributed by atoms with Crippen molar-refractivity contribution in [2.24, 2.45) is 5.92 Å². The van der Waals surface area contributed by atoms with Crippen molar-refractivity contribution in [2.75, 3.05) is 13.2 Å². The summed E-state index contributed by atoms with van der Waals surface area (Å²) in [7, 11) is -3.51. The highest BCUT2D eigenvalue weighted by molar-refractivity contribution is 7.88. The lowest BCUT2D eigenvalue weighted by Crippen LogP contribution is -2.32. The van der Waals surface area contributed by atoms with Crippen LogP contribution in [0.1, 0.15) is 50.4 Å². The maximum absolute atomic E-state index is 12.8. The largest absolute Gasteiger partial charge is 0.490 e. The minimum absolute atomic E-state index is 0.0484. The van der Waals surface area contributed by atoms with E-state index in [4.69, 9.17) is 9.47 Å². The number of hydrogen-bond acceptors (Lipinski definition) is 4. The Morgan fingerprint density at radius 3 is 2.25 bits per heavy atom. The van der Waals surface area contributed by atoms with Crippen LogP contribution in [0.2, 0.25) is 0 Å². The molecule has 0 aliphatic rings. The first kappa shape index (κ1) is 22.2. The van der Waals surface area contributed by atoms with E-state index in [1.54, 1.807) is 0 Å². The monoisotopic (exact) mass is 405 g/mol. The van der Waals surface area contributed by atoms with Gasteiger partial charge in [0.25, 0.3) is 0 Å². The van der Waals surface area contributed by atoms with Gasteiger partial charge in [-0.15, -0.1) is 0 Å². The Labute approximate surface area is 169 Å². The molecule has 0 amide bonds. The smallest absolute Gasteiger partial charge is 0.216 e. The lowest BCUT2D eigenvalue weighted by Gasteiger charge is -2.24. The van der Waals surface area contributed by atoms with E-state index in [0.717, 1.165) is 16.7 Å². The second-order valence-corrected chi connectivity index (χ2v) is 8.91. The average molecular weight is 406 g/mol. The number of sulfonamides is 1. The molecular weight excluding hydrogens is 374 g/mol. The highest BCUT2D eigenvalue weighted by Crippen LogP contribution is 2.33. The molecule has 5 nitrogen and oxygen atoms in total. The Balaban J connectivity index is 2.28. The van der Waals surface area contributed by atoms with Crippen LogP contribution in [0.15, 0.2) is 42.5 Å². The quantitative estimate of drug-likeness (QED) is 0.627. The molecule has 154 valence electrons. The van der Waals surface area contributed by atoms with Crippen LogP contribution in [0.5, 0.6) is 11.5 Å². The molecule has 2 rings (SSSR count). The first-order valence-electron chi connectivity index (χ1n) is 9.70. The summed E-state index contributed by atoms with van der Waals surface area (Å²) in [6.45, 7) is 10.8. The molecule has 1 atom stereocenters. The Morgan fingerprint density at radius 1 is 0.964 bits per heavy atom. The Bertz CT molecular complexity index is 878. The second-order valence-electron chi connectivity index (χ2n) is 7.16. The molecule has 0 fully saturated rings. The van der Waals surface area contributed by atoms with Crippen LogP contribution >= 0.6 is 0 Å². The van der Waals surface area contributed by atoms with Gasteiger partial charge in [-0.1, -0.05) is 49.7 Å². The normalized spacial score (nSPS) is 12.8. The second kappa shape index (κ2) is 9.94. The summed E-state index contributed by atoms with van der Waals surface area (Å²) < 4.78 is 39.8. The van der Waals surface area contributed by atoms with Crippen LogP contribution in [0, 0.1) is 12.8 Å². The van der Waals surface area contributed by atoms with Gasteiger partial charge >= 0.3 is 0 Å². The predicted molar refractivity (Wildman–Crippen MR) is 113 cm³/mol. The molecule has 2 aromatic carbocycles. The number of rotatable bonds is 10. The van der Waals surface area contributed by atoms with Crippen molar-refractivity contribution in [3.8, 4) is 11.5 Å². The summed E-state index contributed by atoms with van der Waals surface area (Å²) in [5.41, 5.74) is 2.67. The summed E-state index contributed by atoms with van der Waals surface area (Å²) in [4.78, 5) is 0. The van der Waals surface area contributed by atoms with Crippen LogP contribution < -0.4 is 14.2 Å². The highest BCUT2D eigenvalue weighted by atomic mass is 32.2. The van der Waals surface area contributed by atoms with Crippen molar-refractivity contribution in [1.82, 2.24) is 4.72 Å². The van der Waals surface area contributed by atoms with E-state index in [-0.39, 0.29) is 17.7 Å². The van der Waals surface area contributed by atoms with Crippen molar-refractivity contribution in [3.63, 3.8) is 0 Å². The average Bonchev–Trinajstić information content (AvgIpc) is 2.61. The topological polar surface area (TPSA) is 64.6 Å². The fraction of sp³-hybridized carbons (Fsp3) is 0.455. The van der Waals surface area contributed by atoms with Crippen molar-refractivity contribution >= 4 is 10.0 Å². The zero-order valence-corrected chi connectivity index (χ0v) is 18.2. The zero-order valence-electron chi connectivity index (χ0n) is 17.4. The Kier molecular flexibility index (Phi) is 7.89. The van der Waals surface area contributed by atoms with E-state index >= 15 is 0 Å². The van der Waals surface area contributed by atoms with Gasteiger partial charge in [0, 0.05) is 6.04 Å². The van der Waals surface area contributed by atoms with Gasteiger partial charge in [0.15, 0.2) is 11.5 Å². The number of ether oxygens (including phenoxy) is 2. The molecule has 2 aromatic rings. The zero-order chi connectivity index (χ0) is 20.7. The SMILES string of the molecule is CCOc1ccc(C(NS(=O)(=O)Cc2cccc(C)c2)C(C)C)cc1OCC. The van der Waals surface area contributed by atoms with Crippen LogP contribution in [0.3, 0.4) is 0 Å². The van der Waals surface area contributed by atoms with Crippen LogP contribution in [0.25, 0.3) is 0 Å². The molecule has 1 unspecified atom stereocenters. The number of aryl methyl sites for hydroxylation is 1. The molecule has 0 spiro atoms. The number of benzene rings is 2. The van der Waals surface area contributed by atoms with Crippen molar-refractivity contribution < 1.29 is 17.9 Å². The molecule has 0 aliphatic heterocycles. The molecule has 1 N–H and O–H groups in total. The van der Waals surface area contributed by atoms with Crippen LogP contribution in [-0.4, -0.2) is 21.6 Å². The molecule has 0 radical (unpaired) electrons. The van der Waals surface area contributed by atoms with E-state index < -0.39 is 10.0 Å². The van der Waals surface area contributed by atoms with E-state index in [2.05, 4.69) is 4.72 Å². The molecular formula is C22H31NO4S. The van der Waals surface area contributed by atoms with E-state index in [0.29, 0.717) is 24.7 Å². The van der Waals surface area contributed by atoms with Crippen LogP contribution in [0.4, 0.5) is 0 Å². The van der Waals surface area contributed by atoms with Gasteiger partial charge in [0.05, 0.1) is 19.0 Å². The van der Waals surface area contributed by atoms with Crippen molar-refractivity contribution in [2.45, 2.75) is 46.4 Å². The molecule has 6 heteroatoms. The van der Waals surface area contributed by atoms with Gasteiger partial charge in [-0.2, -0.15) is 0 Å². The molecule has 0 aromatic heterocycles. The van der Waals surface area contributed by atoms with Gasteiger partial charge in [-0.3, -0.25) is 0 Å². The van der Waals surface area contributed by atoms with Gasteiger partial charge < -0.3 is 9.47 Å². The highest BCUT2D eigenvalue weighted by Gasteiger charge is 2.24. The van der Waals surface area contributed by atoms with E-state index in [1.807, 2.05) is 77.1 Å². The fourth-order valence-corrected chi connectivity index (χ4v) is 4.60. The number of hydrogen-bond donors (Lipinski definition) is 1. The minimum atomic E-state index is -3.51. The lowest BCUT2D eigenvalue weighted by molar-refractivity contribution is 0.287. The minimum Gasteiger partial charge on any atom is -0.490 e. The van der Waals surface area contributed by atoms with E-state index in [1.165, 1.54) is 0 Å². The summed E-state index contributed by atoms with van der Waals surface area (Å²) >= 11 is 0. The molecule has 28 heavy (non-hydrogen) atoms. The summed E-state index contributed by atoms with van der Waals surface area (Å²) in [5.74, 6) is 1.32. The van der Waals surface area contributed by atoms with Gasteiger partial charge in [-0.05, 0) is 49.9 Å². The third-order valence-electron chi connectivity index (χ3n) is 4.34. The summed E-state index contributed by atoms with van der Waals surface area (Å²) in [6.07, 6.45) is 0. The molecule has 0 heterocycles. The predicted octanol–water partition coefficient (Wildman–Crippen LogP) is 4.61. The Hall–Kier alpha value is -2.05. The maximum atomic E-state index is 12.8. The molecule has 0 saturated heterocycles. The third kappa shape index (κ3) is 6.24. The first-order valence-corrected chi connectivity index (χ1v) is 11.4. The first-order chi connectivity index (χ1) is 13.3. The fourth-order valence-electron chi connectivity index (χ4n) is 3.11. The molecule has 0 bridgehead atoms. The lowest BCUT2D eigenvalue weighted by atomic mass is 9.97. The molecule has 0 aliphatic carbocycles. The van der Waals surface area contributed by atoms with Gasteiger partial charge in [0.1, 0.15) is 0 Å². The number of nitrogens with one attached hydrogen (secondary N) is 1. The Morgan fingerprint density at radius 2 is 1.64 bits per heavy atom. The summed E-state index contributed by atoms with van der Waals surface area (Å²) in [6, 6.07) is 12.8. The van der Waals surface area contributed by atoms with E-state index in [9.17, 15) is 8.42 Å². The summed E-state index contributed by atoms with van der Waals surface area (Å²) in [5, 5.41) is 0. The van der Waals surface area contributed by atoms with Crippen molar-refractivity contribution in [3.05, 3.63) is 59.2 Å². The van der Waals surface area contributed by atoms with Crippen LogP contribution in [-0.2, 0) is 15.8 Å².